The van der Waals surface area contributed by atoms with E-state index in [1.807, 2.05) is 13.8 Å². The molecule has 0 saturated carbocycles. The lowest BCUT2D eigenvalue weighted by Gasteiger charge is -2.21. The van der Waals surface area contributed by atoms with Gasteiger partial charge < -0.3 is 15.0 Å². The first kappa shape index (κ1) is 13.7. The summed E-state index contributed by atoms with van der Waals surface area (Å²) in [5, 5.41) is 12.8. The number of aromatic nitrogens is 2. The number of nitrogens with one attached hydrogen (secondary N) is 1. The SMILES string of the molecule is CCCn1ccnc(NCC(C)(O)CC)c1=O. The fourth-order valence-electron chi connectivity index (χ4n) is 1.38. The van der Waals surface area contributed by atoms with E-state index in [0.29, 0.717) is 25.3 Å². The van der Waals surface area contributed by atoms with Gasteiger partial charge in [0.1, 0.15) is 0 Å². The third kappa shape index (κ3) is 3.85. The van der Waals surface area contributed by atoms with Gasteiger partial charge in [0.2, 0.25) is 0 Å². The van der Waals surface area contributed by atoms with E-state index in [1.54, 1.807) is 23.9 Å². The number of nitrogens with zero attached hydrogens (tertiary/aromatic N) is 2. The Labute approximate surface area is 102 Å². The van der Waals surface area contributed by atoms with Gasteiger partial charge in [0, 0.05) is 25.5 Å². The maximum absolute atomic E-state index is 11.9. The maximum Gasteiger partial charge on any atom is 0.293 e. The van der Waals surface area contributed by atoms with E-state index in [1.165, 1.54) is 0 Å². The van der Waals surface area contributed by atoms with Gasteiger partial charge in [0.05, 0.1) is 5.60 Å². The molecule has 1 aromatic rings. The minimum absolute atomic E-state index is 0.138. The number of aliphatic hydroxyl groups is 1. The Kier molecular flexibility index (Phi) is 4.69. The number of hydrogen-bond acceptors (Lipinski definition) is 4. The van der Waals surface area contributed by atoms with Crippen LogP contribution in [0.3, 0.4) is 0 Å². The van der Waals surface area contributed by atoms with Gasteiger partial charge >= 0.3 is 0 Å². The molecule has 0 fully saturated rings. The summed E-state index contributed by atoms with van der Waals surface area (Å²) in [5.74, 6) is 0.301. The largest absolute Gasteiger partial charge is 0.388 e. The van der Waals surface area contributed by atoms with Crippen molar-refractivity contribution in [3.63, 3.8) is 0 Å². The summed E-state index contributed by atoms with van der Waals surface area (Å²) in [5.41, 5.74) is -0.958. The van der Waals surface area contributed by atoms with Gasteiger partial charge in [0.15, 0.2) is 5.82 Å². The van der Waals surface area contributed by atoms with Crippen LogP contribution in [0.5, 0.6) is 0 Å². The van der Waals surface area contributed by atoms with Gasteiger partial charge in [-0.3, -0.25) is 4.79 Å². The molecule has 2 N–H and O–H groups in total. The standard InChI is InChI=1S/C12H21N3O2/c1-4-7-15-8-6-13-10(11(15)16)14-9-12(3,17)5-2/h6,8,17H,4-5,7,9H2,1-3H3,(H,13,14). The van der Waals surface area contributed by atoms with Gasteiger partial charge in [-0.1, -0.05) is 13.8 Å². The average Bonchev–Trinajstić information content (AvgIpc) is 2.31. The lowest BCUT2D eigenvalue weighted by molar-refractivity contribution is 0.0696. The second kappa shape index (κ2) is 5.82. The number of anilines is 1. The maximum atomic E-state index is 11.9. The molecule has 0 aliphatic rings. The molecule has 1 aromatic heterocycles. The molecule has 0 aliphatic carbocycles. The van der Waals surface area contributed by atoms with Crippen molar-refractivity contribution in [2.75, 3.05) is 11.9 Å². The Balaban J connectivity index is 2.79. The van der Waals surface area contributed by atoms with Crippen LogP contribution in [0.4, 0.5) is 5.82 Å². The average molecular weight is 239 g/mol. The minimum Gasteiger partial charge on any atom is -0.388 e. The first-order valence-corrected chi connectivity index (χ1v) is 6.02. The molecule has 0 amide bonds. The zero-order valence-electron chi connectivity index (χ0n) is 10.7. The fourth-order valence-corrected chi connectivity index (χ4v) is 1.38. The van der Waals surface area contributed by atoms with Crippen molar-refractivity contribution in [2.24, 2.45) is 0 Å². The Morgan fingerprint density at radius 3 is 2.82 bits per heavy atom. The summed E-state index contributed by atoms with van der Waals surface area (Å²) in [6.45, 7) is 6.65. The van der Waals surface area contributed by atoms with Crippen LogP contribution in [0.25, 0.3) is 0 Å². The van der Waals surface area contributed by atoms with Crippen molar-refractivity contribution in [3.8, 4) is 0 Å². The van der Waals surface area contributed by atoms with Gasteiger partial charge in [0.25, 0.3) is 5.56 Å². The summed E-state index contributed by atoms with van der Waals surface area (Å²) in [6, 6.07) is 0. The predicted molar refractivity (Wildman–Crippen MR) is 68.2 cm³/mol. The van der Waals surface area contributed by atoms with Crippen LogP contribution in [-0.2, 0) is 6.54 Å². The van der Waals surface area contributed by atoms with Crippen molar-refractivity contribution in [3.05, 3.63) is 22.7 Å². The van der Waals surface area contributed by atoms with Crippen LogP contribution in [0.15, 0.2) is 17.2 Å². The Morgan fingerprint density at radius 1 is 1.53 bits per heavy atom. The molecule has 1 atom stereocenters. The lowest BCUT2D eigenvalue weighted by atomic mass is 10.0. The van der Waals surface area contributed by atoms with Gasteiger partial charge in [-0.2, -0.15) is 0 Å². The molecule has 5 heteroatoms. The molecule has 0 radical (unpaired) electrons. The molecule has 0 saturated heterocycles. The van der Waals surface area contributed by atoms with E-state index in [-0.39, 0.29) is 5.56 Å². The van der Waals surface area contributed by atoms with E-state index in [0.717, 1.165) is 6.42 Å². The zero-order chi connectivity index (χ0) is 12.9. The molecule has 0 aromatic carbocycles. The molecule has 1 rings (SSSR count). The highest BCUT2D eigenvalue weighted by Crippen LogP contribution is 2.08. The highest BCUT2D eigenvalue weighted by atomic mass is 16.3. The van der Waals surface area contributed by atoms with Crippen molar-refractivity contribution < 1.29 is 5.11 Å². The quantitative estimate of drug-likeness (QED) is 0.783. The normalized spacial score (nSPS) is 14.4. The first-order valence-electron chi connectivity index (χ1n) is 6.02. The third-order valence-corrected chi connectivity index (χ3v) is 2.78. The molecule has 0 spiro atoms. The molecular weight excluding hydrogens is 218 g/mol. The molecule has 5 nitrogen and oxygen atoms in total. The zero-order valence-corrected chi connectivity index (χ0v) is 10.7. The number of hydrogen-bond donors (Lipinski definition) is 2. The topological polar surface area (TPSA) is 67.2 Å². The van der Waals surface area contributed by atoms with Crippen molar-refractivity contribution in [1.82, 2.24) is 9.55 Å². The summed E-state index contributed by atoms with van der Waals surface area (Å²) in [7, 11) is 0. The summed E-state index contributed by atoms with van der Waals surface area (Å²) >= 11 is 0. The van der Waals surface area contributed by atoms with Crippen LogP contribution in [-0.4, -0.2) is 26.8 Å². The van der Waals surface area contributed by atoms with E-state index in [9.17, 15) is 9.90 Å². The van der Waals surface area contributed by atoms with Crippen LogP contribution >= 0.6 is 0 Å². The molecule has 1 unspecified atom stereocenters. The van der Waals surface area contributed by atoms with Gasteiger partial charge in [-0.25, -0.2) is 4.98 Å². The van der Waals surface area contributed by atoms with Crippen LogP contribution in [0.1, 0.15) is 33.6 Å². The van der Waals surface area contributed by atoms with Crippen LogP contribution < -0.4 is 10.9 Å². The van der Waals surface area contributed by atoms with Crippen molar-refractivity contribution >= 4 is 5.82 Å². The van der Waals surface area contributed by atoms with E-state index >= 15 is 0 Å². The first-order chi connectivity index (χ1) is 8.00. The summed E-state index contributed by atoms with van der Waals surface area (Å²) in [4.78, 5) is 15.9. The Morgan fingerprint density at radius 2 is 2.24 bits per heavy atom. The van der Waals surface area contributed by atoms with E-state index in [4.69, 9.17) is 0 Å². The number of aryl methyl sites for hydroxylation is 1. The molecule has 0 bridgehead atoms. The highest BCUT2D eigenvalue weighted by molar-refractivity contribution is 5.31. The third-order valence-electron chi connectivity index (χ3n) is 2.78. The molecule has 96 valence electrons. The summed E-state index contributed by atoms with van der Waals surface area (Å²) < 4.78 is 1.62. The predicted octanol–water partition coefficient (Wildman–Crippen LogP) is 1.23. The molecular formula is C12H21N3O2. The lowest BCUT2D eigenvalue weighted by Crippen LogP contribution is -2.35. The Hall–Kier alpha value is -1.36. The second-order valence-corrected chi connectivity index (χ2v) is 4.48. The van der Waals surface area contributed by atoms with Gasteiger partial charge in [-0.15, -0.1) is 0 Å². The highest BCUT2D eigenvalue weighted by Gasteiger charge is 2.18. The smallest absolute Gasteiger partial charge is 0.293 e. The number of rotatable bonds is 6. The Bertz CT molecular complexity index is 412. The molecule has 0 aliphatic heterocycles. The van der Waals surface area contributed by atoms with Crippen LogP contribution in [0, 0.1) is 0 Å². The molecule has 1 heterocycles. The second-order valence-electron chi connectivity index (χ2n) is 4.48. The van der Waals surface area contributed by atoms with Crippen LogP contribution in [0.2, 0.25) is 0 Å². The van der Waals surface area contributed by atoms with Crippen molar-refractivity contribution in [2.45, 2.75) is 45.8 Å². The van der Waals surface area contributed by atoms with E-state index < -0.39 is 5.60 Å². The summed E-state index contributed by atoms with van der Waals surface area (Å²) in [6.07, 6.45) is 4.79. The minimum atomic E-state index is -0.820. The van der Waals surface area contributed by atoms with Crippen molar-refractivity contribution in [1.29, 1.82) is 0 Å². The molecule has 17 heavy (non-hydrogen) atoms. The fraction of sp³-hybridized carbons (Fsp3) is 0.667. The van der Waals surface area contributed by atoms with Gasteiger partial charge in [-0.05, 0) is 19.8 Å². The van der Waals surface area contributed by atoms with E-state index in [2.05, 4.69) is 10.3 Å². The monoisotopic (exact) mass is 239 g/mol.